The zero-order valence-electron chi connectivity index (χ0n) is 19.3. The number of Topliss-reactive ketones (excluding diaryl/α,β-unsaturated/α-hetero) is 1. The quantitative estimate of drug-likeness (QED) is 0.316. The van der Waals surface area contributed by atoms with Gasteiger partial charge in [0.2, 0.25) is 0 Å². The van der Waals surface area contributed by atoms with Crippen LogP contribution in [0.25, 0.3) is 5.76 Å². The van der Waals surface area contributed by atoms with Crippen molar-refractivity contribution in [3.63, 3.8) is 0 Å². The summed E-state index contributed by atoms with van der Waals surface area (Å²) in [6, 6.07) is 19.6. The summed E-state index contributed by atoms with van der Waals surface area (Å²) in [5.41, 5.74) is 4.73. The number of amides is 1. The standard InChI is InChI=1S/C28H27NO4/c1-5-33-23-14-12-21(16-19(23)4)26(30)24-25(20-9-7-6-8-10-20)29(28(32)27(24)31)22-13-11-17(2)15-18(22)3/h6-16,25,30H,5H2,1-4H3/b26-24+. The Morgan fingerprint density at radius 1 is 0.939 bits per heavy atom. The third-order valence-electron chi connectivity index (χ3n) is 5.92. The van der Waals surface area contributed by atoms with Gasteiger partial charge in [-0.3, -0.25) is 14.5 Å². The van der Waals surface area contributed by atoms with E-state index < -0.39 is 17.7 Å². The van der Waals surface area contributed by atoms with Crippen molar-refractivity contribution < 1.29 is 19.4 Å². The number of ether oxygens (including phenoxy) is 1. The SMILES string of the molecule is CCOc1ccc(/C(O)=C2\C(=O)C(=O)N(c3ccc(C)cc3C)C2c2ccccc2)cc1C. The molecule has 1 aliphatic heterocycles. The Kier molecular flexibility index (Phi) is 6.05. The fourth-order valence-electron chi connectivity index (χ4n) is 4.38. The maximum atomic E-state index is 13.3. The fourth-order valence-corrected chi connectivity index (χ4v) is 4.38. The predicted octanol–water partition coefficient (Wildman–Crippen LogP) is 5.64. The van der Waals surface area contributed by atoms with E-state index in [1.54, 1.807) is 18.2 Å². The van der Waals surface area contributed by atoms with Gasteiger partial charge in [-0.25, -0.2) is 0 Å². The molecule has 4 rings (SSSR count). The zero-order chi connectivity index (χ0) is 23.7. The zero-order valence-corrected chi connectivity index (χ0v) is 19.3. The minimum atomic E-state index is -0.737. The Bertz CT molecular complexity index is 1260. The number of ketones is 1. The number of aryl methyl sites for hydroxylation is 3. The third-order valence-corrected chi connectivity index (χ3v) is 5.92. The van der Waals surface area contributed by atoms with Crippen molar-refractivity contribution in [2.45, 2.75) is 33.7 Å². The highest BCUT2D eigenvalue weighted by Crippen LogP contribution is 2.43. The molecule has 0 bridgehead atoms. The first-order chi connectivity index (χ1) is 15.8. The van der Waals surface area contributed by atoms with Gasteiger partial charge in [0.05, 0.1) is 18.2 Å². The molecule has 0 saturated carbocycles. The van der Waals surface area contributed by atoms with Crippen molar-refractivity contribution in [1.82, 2.24) is 0 Å². The lowest BCUT2D eigenvalue weighted by molar-refractivity contribution is -0.132. The molecule has 3 aromatic carbocycles. The molecule has 33 heavy (non-hydrogen) atoms. The molecule has 1 fully saturated rings. The molecular formula is C28H27NO4. The number of carbonyl (C=O) groups is 2. The smallest absolute Gasteiger partial charge is 0.300 e. The van der Waals surface area contributed by atoms with Crippen LogP contribution < -0.4 is 9.64 Å². The van der Waals surface area contributed by atoms with Crippen LogP contribution in [0.3, 0.4) is 0 Å². The summed E-state index contributed by atoms with van der Waals surface area (Å²) in [6.45, 7) is 8.21. The van der Waals surface area contributed by atoms with Crippen molar-refractivity contribution in [3.8, 4) is 5.75 Å². The predicted molar refractivity (Wildman–Crippen MR) is 129 cm³/mol. The number of rotatable bonds is 5. The number of aliphatic hydroxyl groups is 1. The van der Waals surface area contributed by atoms with Gasteiger partial charge in [-0.1, -0.05) is 48.0 Å². The van der Waals surface area contributed by atoms with Crippen LogP contribution in [0.2, 0.25) is 0 Å². The summed E-state index contributed by atoms with van der Waals surface area (Å²) in [5.74, 6) is -0.835. The van der Waals surface area contributed by atoms with Gasteiger partial charge in [0.25, 0.3) is 11.7 Å². The maximum Gasteiger partial charge on any atom is 0.300 e. The van der Waals surface area contributed by atoms with Crippen LogP contribution in [-0.4, -0.2) is 23.4 Å². The van der Waals surface area contributed by atoms with Gasteiger partial charge in [0, 0.05) is 11.3 Å². The van der Waals surface area contributed by atoms with Crippen LogP contribution in [-0.2, 0) is 9.59 Å². The lowest BCUT2D eigenvalue weighted by atomic mass is 9.94. The number of anilines is 1. The molecule has 1 heterocycles. The van der Waals surface area contributed by atoms with Crippen LogP contribution >= 0.6 is 0 Å². The first-order valence-corrected chi connectivity index (χ1v) is 11.0. The van der Waals surface area contributed by atoms with E-state index in [0.717, 1.165) is 22.3 Å². The summed E-state index contributed by atoms with van der Waals surface area (Å²) < 4.78 is 5.60. The normalized spacial score (nSPS) is 17.5. The average Bonchev–Trinajstić information content (AvgIpc) is 3.06. The van der Waals surface area contributed by atoms with E-state index in [4.69, 9.17) is 4.74 Å². The molecule has 1 atom stereocenters. The Labute approximate surface area is 193 Å². The minimum Gasteiger partial charge on any atom is -0.507 e. The van der Waals surface area contributed by atoms with E-state index in [-0.39, 0.29) is 11.3 Å². The van der Waals surface area contributed by atoms with Crippen LogP contribution in [0, 0.1) is 20.8 Å². The molecule has 5 nitrogen and oxygen atoms in total. The Morgan fingerprint density at radius 3 is 2.30 bits per heavy atom. The second kappa shape index (κ2) is 8.94. The number of nitrogens with zero attached hydrogens (tertiary/aromatic N) is 1. The highest BCUT2D eigenvalue weighted by atomic mass is 16.5. The Hall–Kier alpha value is -3.86. The molecule has 0 spiro atoms. The molecule has 1 amide bonds. The number of hydrogen-bond donors (Lipinski definition) is 1. The van der Waals surface area contributed by atoms with E-state index in [1.165, 1.54) is 4.90 Å². The number of aliphatic hydroxyl groups excluding tert-OH is 1. The largest absolute Gasteiger partial charge is 0.507 e. The summed E-state index contributed by atoms with van der Waals surface area (Å²) in [6.07, 6.45) is 0. The van der Waals surface area contributed by atoms with E-state index in [0.29, 0.717) is 23.6 Å². The topological polar surface area (TPSA) is 66.8 Å². The molecule has 1 saturated heterocycles. The molecule has 3 aromatic rings. The van der Waals surface area contributed by atoms with E-state index in [2.05, 4.69) is 0 Å². The lowest BCUT2D eigenvalue weighted by Gasteiger charge is -2.27. The minimum absolute atomic E-state index is 0.0785. The van der Waals surface area contributed by atoms with Crippen LogP contribution in [0.5, 0.6) is 5.75 Å². The van der Waals surface area contributed by atoms with Gasteiger partial charge in [-0.2, -0.15) is 0 Å². The van der Waals surface area contributed by atoms with E-state index in [9.17, 15) is 14.7 Å². The molecule has 1 unspecified atom stereocenters. The van der Waals surface area contributed by atoms with Crippen molar-refractivity contribution in [2.24, 2.45) is 0 Å². The van der Waals surface area contributed by atoms with Crippen molar-refractivity contribution in [2.75, 3.05) is 11.5 Å². The summed E-state index contributed by atoms with van der Waals surface area (Å²) in [4.78, 5) is 28.1. The van der Waals surface area contributed by atoms with Gasteiger partial charge in [0.15, 0.2) is 0 Å². The van der Waals surface area contributed by atoms with Crippen LogP contribution in [0.1, 0.15) is 40.8 Å². The highest BCUT2D eigenvalue weighted by Gasteiger charge is 2.47. The first kappa shape index (κ1) is 22.3. The molecule has 0 aliphatic carbocycles. The number of hydrogen-bond acceptors (Lipinski definition) is 4. The maximum absolute atomic E-state index is 13.3. The molecule has 168 valence electrons. The average molecular weight is 442 g/mol. The van der Waals surface area contributed by atoms with Crippen LogP contribution in [0.15, 0.2) is 72.3 Å². The number of benzene rings is 3. The second-order valence-corrected chi connectivity index (χ2v) is 8.28. The molecule has 5 heteroatoms. The molecule has 1 N–H and O–H groups in total. The van der Waals surface area contributed by atoms with Crippen molar-refractivity contribution >= 4 is 23.1 Å². The molecular weight excluding hydrogens is 414 g/mol. The van der Waals surface area contributed by atoms with Gasteiger partial charge in [-0.05, 0) is 68.7 Å². The lowest BCUT2D eigenvalue weighted by Crippen LogP contribution is -2.30. The van der Waals surface area contributed by atoms with E-state index in [1.807, 2.05) is 76.2 Å². The van der Waals surface area contributed by atoms with Gasteiger partial charge in [-0.15, -0.1) is 0 Å². The molecule has 0 radical (unpaired) electrons. The van der Waals surface area contributed by atoms with Crippen LogP contribution in [0.4, 0.5) is 5.69 Å². The van der Waals surface area contributed by atoms with Crippen molar-refractivity contribution in [3.05, 3.63) is 100 Å². The monoisotopic (exact) mass is 441 g/mol. The highest BCUT2D eigenvalue weighted by molar-refractivity contribution is 6.51. The van der Waals surface area contributed by atoms with E-state index >= 15 is 0 Å². The van der Waals surface area contributed by atoms with Gasteiger partial charge < -0.3 is 9.84 Å². The van der Waals surface area contributed by atoms with Crippen molar-refractivity contribution in [1.29, 1.82) is 0 Å². The summed E-state index contributed by atoms with van der Waals surface area (Å²) >= 11 is 0. The second-order valence-electron chi connectivity index (χ2n) is 8.28. The fraction of sp³-hybridized carbons (Fsp3) is 0.214. The summed E-state index contributed by atoms with van der Waals surface area (Å²) in [5, 5.41) is 11.3. The number of carbonyl (C=O) groups excluding carboxylic acids is 2. The third kappa shape index (κ3) is 4.02. The molecule has 0 aromatic heterocycles. The summed E-state index contributed by atoms with van der Waals surface area (Å²) in [7, 11) is 0. The van der Waals surface area contributed by atoms with Gasteiger partial charge >= 0.3 is 0 Å². The Morgan fingerprint density at radius 2 is 1.67 bits per heavy atom. The van der Waals surface area contributed by atoms with Gasteiger partial charge in [0.1, 0.15) is 11.5 Å². The molecule has 1 aliphatic rings. The Balaban J connectivity index is 1.92. The first-order valence-electron chi connectivity index (χ1n) is 11.0.